The molecule has 9 nitrogen and oxygen atoms in total. The fourth-order valence-corrected chi connectivity index (χ4v) is 7.09. The molecule has 3 aromatic carbocycles. The Bertz CT molecular complexity index is 1510. The topological polar surface area (TPSA) is 105 Å². The van der Waals surface area contributed by atoms with Crippen LogP contribution >= 0.6 is 15.9 Å². The maximum absolute atomic E-state index is 14.2. The lowest BCUT2D eigenvalue weighted by atomic mass is 9.95. The lowest BCUT2D eigenvalue weighted by molar-refractivity contribution is -0.139. The van der Waals surface area contributed by atoms with Gasteiger partial charge in [0.25, 0.3) is 10.0 Å². The van der Waals surface area contributed by atoms with Crippen molar-refractivity contribution in [2.75, 3.05) is 25.1 Å². The Labute approximate surface area is 262 Å². The molecule has 1 aliphatic rings. The molecule has 1 aliphatic carbocycles. The van der Waals surface area contributed by atoms with Crippen LogP contribution in [0.1, 0.15) is 44.6 Å². The summed E-state index contributed by atoms with van der Waals surface area (Å²) in [6, 6.07) is 19.3. The average Bonchev–Trinajstić information content (AvgIpc) is 3.02. The van der Waals surface area contributed by atoms with Gasteiger partial charge in [-0.3, -0.25) is 13.9 Å². The number of carbonyl (C=O) groups excluding carboxylic acids is 2. The van der Waals surface area contributed by atoms with E-state index in [0.717, 1.165) is 46.4 Å². The monoisotopic (exact) mass is 671 g/mol. The Balaban J connectivity index is 1.73. The van der Waals surface area contributed by atoms with Gasteiger partial charge in [-0.25, -0.2) is 8.42 Å². The second-order valence-corrected chi connectivity index (χ2v) is 13.3. The molecule has 0 aromatic heterocycles. The highest BCUT2D eigenvalue weighted by Gasteiger charge is 2.34. The van der Waals surface area contributed by atoms with Crippen LogP contribution < -0.4 is 19.1 Å². The first kappa shape index (κ1) is 32.3. The molecule has 0 heterocycles. The summed E-state index contributed by atoms with van der Waals surface area (Å²) in [5.41, 5.74) is 0.928. The molecule has 0 spiro atoms. The number of anilines is 1. The number of amides is 2. The van der Waals surface area contributed by atoms with Crippen LogP contribution in [0.2, 0.25) is 0 Å². The van der Waals surface area contributed by atoms with Gasteiger partial charge in [0, 0.05) is 23.1 Å². The zero-order valence-corrected chi connectivity index (χ0v) is 27.1. The zero-order valence-electron chi connectivity index (χ0n) is 24.7. The van der Waals surface area contributed by atoms with Crippen molar-refractivity contribution in [3.63, 3.8) is 0 Å². The smallest absolute Gasteiger partial charge is 0.264 e. The molecule has 4 rings (SSSR count). The van der Waals surface area contributed by atoms with Crippen LogP contribution in [0.4, 0.5) is 5.69 Å². The third kappa shape index (κ3) is 8.08. The Hall–Kier alpha value is -3.57. The fraction of sp³-hybridized carbons (Fsp3) is 0.375. The molecule has 1 saturated carbocycles. The Morgan fingerprint density at radius 1 is 0.953 bits per heavy atom. The second-order valence-electron chi connectivity index (χ2n) is 10.5. The summed E-state index contributed by atoms with van der Waals surface area (Å²) in [6.45, 7) is 1.21. The van der Waals surface area contributed by atoms with Crippen molar-refractivity contribution in [2.45, 2.75) is 62.6 Å². The average molecular weight is 673 g/mol. The minimum atomic E-state index is -4.25. The number of sulfonamides is 1. The first-order valence-corrected chi connectivity index (χ1v) is 16.5. The largest absolute Gasteiger partial charge is 0.497 e. The number of methoxy groups -OCH3 is 2. The van der Waals surface area contributed by atoms with Crippen LogP contribution in [0, 0.1) is 0 Å². The number of rotatable bonds is 12. The molecule has 1 fully saturated rings. The number of benzene rings is 3. The summed E-state index contributed by atoms with van der Waals surface area (Å²) in [4.78, 5) is 29.2. The maximum Gasteiger partial charge on any atom is 0.264 e. The van der Waals surface area contributed by atoms with Gasteiger partial charge in [0.15, 0.2) is 0 Å². The van der Waals surface area contributed by atoms with Gasteiger partial charge in [-0.15, -0.1) is 0 Å². The first-order valence-electron chi connectivity index (χ1n) is 14.3. The van der Waals surface area contributed by atoms with Crippen LogP contribution in [0.3, 0.4) is 0 Å². The molecule has 1 N–H and O–H groups in total. The number of halogens is 1. The predicted molar refractivity (Wildman–Crippen MR) is 170 cm³/mol. The number of carbonyl (C=O) groups is 2. The predicted octanol–water partition coefficient (Wildman–Crippen LogP) is 5.53. The van der Waals surface area contributed by atoms with E-state index in [2.05, 4.69) is 21.2 Å². The van der Waals surface area contributed by atoms with Gasteiger partial charge in [0.1, 0.15) is 24.1 Å². The highest BCUT2D eigenvalue weighted by molar-refractivity contribution is 9.10. The highest BCUT2D eigenvalue weighted by Crippen LogP contribution is 2.36. The van der Waals surface area contributed by atoms with Gasteiger partial charge in [-0.2, -0.15) is 0 Å². The van der Waals surface area contributed by atoms with Gasteiger partial charge >= 0.3 is 0 Å². The van der Waals surface area contributed by atoms with Crippen molar-refractivity contribution in [2.24, 2.45) is 0 Å². The normalized spacial score (nSPS) is 14.4. The lowest BCUT2D eigenvalue weighted by Gasteiger charge is -2.33. The summed E-state index contributed by atoms with van der Waals surface area (Å²) < 4.78 is 40.9. The number of hydrogen-bond acceptors (Lipinski definition) is 6. The third-order valence-corrected chi connectivity index (χ3v) is 9.89. The molecule has 43 heavy (non-hydrogen) atoms. The molecule has 0 saturated heterocycles. The van der Waals surface area contributed by atoms with Gasteiger partial charge in [0.2, 0.25) is 11.8 Å². The molecule has 230 valence electrons. The summed E-state index contributed by atoms with van der Waals surface area (Å²) in [6.07, 6.45) is 5.05. The number of ether oxygens (including phenoxy) is 2. The Morgan fingerprint density at radius 3 is 2.33 bits per heavy atom. The van der Waals surface area contributed by atoms with E-state index in [9.17, 15) is 18.0 Å². The molecule has 0 unspecified atom stereocenters. The van der Waals surface area contributed by atoms with Gasteiger partial charge in [0.05, 0.1) is 24.8 Å². The summed E-state index contributed by atoms with van der Waals surface area (Å²) >= 11 is 3.48. The van der Waals surface area contributed by atoms with Gasteiger partial charge in [-0.1, -0.05) is 65.5 Å². The Morgan fingerprint density at radius 2 is 1.67 bits per heavy atom. The van der Waals surface area contributed by atoms with Crippen molar-refractivity contribution < 1.29 is 27.5 Å². The van der Waals surface area contributed by atoms with E-state index in [4.69, 9.17) is 9.47 Å². The van der Waals surface area contributed by atoms with Crippen molar-refractivity contribution in [1.29, 1.82) is 0 Å². The van der Waals surface area contributed by atoms with E-state index in [-0.39, 0.29) is 34.8 Å². The molecule has 0 radical (unpaired) electrons. The summed E-state index contributed by atoms with van der Waals surface area (Å²) in [5, 5.41) is 3.12. The van der Waals surface area contributed by atoms with Crippen LogP contribution in [-0.2, 0) is 26.2 Å². The quantitative estimate of drug-likeness (QED) is 0.272. The molecular weight excluding hydrogens is 634 g/mol. The van der Waals surface area contributed by atoms with E-state index in [0.29, 0.717) is 5.75 Å². The molecule has 0 aliphatic heterocycles. The van der Waals surface area contributed by atoms with Crippen LogP contribution in [0.15, 0.2) is 82.2 Å². The van der Waals surface area contributed by atoms with Crippen molar-refractivity contribution in [3.05, 3.63) is 82.8 Å². The van der Waals surface area contributed by atoms with Crippen LogP contribution in [-0.4, -0.2) is 58.0 Å². The number of nitrogens with zero attached hydrogens (tertiary/aromatic N) is 2. The molecule has 11 heteroatoms. The second kappa shape index (κ2) is 14.7. The number of nitrogens with one attached hydrogen (secondary N) is 1. The van der Waals surface area contributed by atoms with E-state index in [1.807, 2.05) is 24.3 Å². The summed E-state index contributed by atoms with van der Waals surface area (Å²) in [5.74, 6) is -0.181. The summed E-state index contributed by atoms with van der Waals surface area (Å²) in [7, 11) is -1.35. The zero-order chi connectivity index (χ0) is 31.0. The van der Waals surface area contributed by atoms with Crippen LogP contribution in [0.25, 0.3) is 0 Å². The molecule has 0 bridgehead atoms. The Kier molecular flexibility index (Phi) is 11.1. The highest BCUT2D eigenvalue weighted by atomic mass is 79.9. The van der Waals surface area contributed by atoms with Crippen molar-refractivity contribution >= 4 is 43.5 Å². The third-order valence-electron chi connectivity index (χ3n) is 7.63. The minimum Gasteiger partial charge on any atom is -0.497 e. The van der Waals surface area contributed by atoms with Crippen molar-refractivity contribution in [3.8, 4) is 11.5 Å². The minimum absolute atomic E-state index is 0.00861. The van der Waals surface area contributed by atoms with Gasteiger partial charge < -0.3 is 19.7 Å². The van der Waals surface area contributed by atoms with E-state index in [1.54, 1.807) is 37.3 Å². The van der Waals surface area contributed by atoms with Crippen molar-refractivity contribution in [1.82, 2.24) is 10.2 Å². The molecule has 1 atom stereocenters. The number of hydrogen-bond donors (Lipinski definition) is 1. The van der Waals surface area contributed by atoms with E-state index in [1.165, 1.54) is 37.3 Å². The maximum atomic E-state index is 14.2. The van der Waals surface area contributed by atoms with Gasteiger partial charge in [-0.05, 0) is 61.7 Å². The fourth-order valence-electron chi connectivity index (χ4n) is 5.21. The molecule has 3 aromatic rings. The van der Waals surface area contributed by atoms with E-state index < -0.39 is 28.5 Å². The lowest BCUT2D eigenvalue weighted by Crippen LogP contribution is -2.53. The molecular formula is C32H38BrN3O6S. The van der Waals surface area contributed by atoms with Crippen LogP contribution in [0.5, 0.6) is 11.5 Å². The molecule has 2 amide bonds. The SMILES string of the molecule is COc1ccc(OC)c(N(CC(=O)N(Cc2cccc(Br)c2)[C@H](C)C(=O)NC2CCCCC2)S(=O)(=O)c2ccccc2)c1. The first-order chi connectivity index (χ1) is 20.6. The van der Waals surface area contributed by atoms with E-state index >= 15 is 0 Å². The standard InChI is InChI=1S/C32H38BrN3O6S/c1-23(32(38)34-26-13-6-4-7-14-26)35(21-24-11-10-12-25(33)19-24)31(37)22-36(43(39,40)28-15-8-5-9-16-28)29-20-27(41-2)17-18-30(29)42-3/h5,8-12,15-20,23,26H,4,6-7,13-14,21-22H2,1-3H3,(H,34,38)/t23-/m1/s1.